The third-order valence-corrected chi connectivity index (χ3v) is 3.77. The summed E-state index contributed by atoms with van der Waals surface area (Å²) in [5.41, 5.74) is 9.98. The van der Waals surface area contributed by atoms with Gasteiger partial charge in [-0.25, -0.2) is 0 Å². The molecule has 2 nitrogen and oxygen atoms in total. The Labute approximate surface area is 120 Å². The normalized spacial score (nSPS) is 11.1. The number of hydrogen-bond donors (Lipinski definition) is 1. The fourth-order valence-corrected chi connectivity index (χ4v) is 2.78. The van der Waals surface area contributed by atoms with Gasteiger partial charge in [-0.2, -0.15) is 0 Å². The van der Waals surface area contributed by atoms with E-state index in [2.05, 4.69) is 28.9 Å². The van der Waals surface area contributed by atoms with Gasteiger partial charge in [0.15, 0.2) is 0 Å². The Balaban J connectivity index is 2.34. The van der Waals surface area contributed by atoms with Crippen molar-refractivity contribution >= 4 is 32.6 Å². The van der Waals surface area contributed by atoms with Crippen molar-refractivity contribution in [2.75, 3.05) is 5.73 Å². The smallest absolute Gasteiger partial charge is 0.134 e. The summed E-state index contributed by atoms with van der Waals surface area (Å²) in [6.07, 6.45) is 0.847. The van der Waals surface area contributed by atoms with E-state index in [0.29, 0.717) is 0 Å². The number of fused-ring (bicyclic) bond motifs is 1. The van der Waals surface area contributed by atoms with E-state index in [1.54, 1.807) is 0 Å². The second-order valence-corrected chi connectivity index (χ2v) is 5.40. The van der Waals surface area contributed by atoms with Gasteiger partial charge in [-0.15, -0.1) is 0 Å². The molecule has 1 heterocycles. The van der Waals surface area contributed by atoms with Crippen molar-refractivity contribution in [3.63, 3.8) is 0 Å². The van der Waals surface area contributed by atoms with E-state index in [0.717, 1.165) is 44.4 Å². The quantitative estimate of drug-likeness (QED) is 0.675. The van der Waals surface area contributed by atoms with Gasteiger partial charge in [-0.1, -0.05) is 47.1 Å². The van der Waals surface area contributed by atoms with Crippen molar-refractivity contribution in [2.45, 2.75) is 13.3 Å². The number of nitrogens with two attached hydrogens (primary N) is 1. The second-order valence-electron chi connectivity index (χ2n) is 4.48. The van der Waals surface area contributed by atoms with Crippen LogP contribution in [0.15, 0.2) is 51.4 Å². The Kier molecular flexibility index (Phi) is 3.07. The molecule has 0 aliphatic rings. The molecule has 3 aromatic rings. The Morgan fingerprint density at radius 1 is 1.16 bits per heavy atom. The van der Waals surface area contributed by atoms with Crippen LogP contribution in [0.4, 0.5) is 5.69 Å². The topological polar surface area (TPSA) is 39.2 Å². The van der Waals surface area contributed by atoms with Gasteiger partial charge in [-0.3, -0.25) is 0 Å². The minimum Gasteiger partial charge on any atom is -0.460 e. The summed E-state index contributed by atoms with van der Waals surface area (Å²) in [6.45, 7) is 2.09. The molecule has 0 amide bonds. The number of halogens is 1. The van der Waals surface area contributed by atoms with Crippen molar-refractivity contribution < 1.29 is 4.42 Å². The number of hydrogen-bond acceptors (Lipinski definition) is 2. The molecule has 0 spiro atoms. The molecular formula is C16H14BrNO. The Hall–Kier alpha value is -1.74. The van der Waals surface area contributed by atoms with E-state index in [9.17, 15) is 0 Å². The van der Waals surface area contributed by atoms with Crippen LogP contribution >= 0.6 is 15.9 Å². The third-order valence-electron chi connectivity index (χ3n) is 3.27. The second kappa shape index (κ2) is 4.74. The van der Waals surface area contributed by atoms with Gasteiger partial charge in [0.25, 0.3) is 0 Å². The Bertz CT molecular complexity index is 746. The molecule has 3 rings (SSSR count). The number of anilines is 1. The predicted octanol–water partition coefficient (Wildman–Crippen LogP) is 5.01. The molecule has 19 heavy (non-hydrogen) atoms. The van der Waals surface area contributed by atoms with Gasteiger partial charge in [-0.05, 0) is 18.2 Å². The maximum absolute atomic E-state index is 6.16. The molecule has 0 saturated carbocycles. The zero-order valence-corrected chi connectivity index (χ0v) is 12.2. The number of aryl methyl sites for hydroxylation is 1. The van der Waals surface area contributed by atoms with Gasteiger partial charge in [0.2, 0.25) is 0 Å². The SMILES string of the molecule is CCc1oc2ccccc2c1-c1ccc(Br)cc1N. The summed E-state index contributed by atoms with van der Waals surface area (Å²) in [7, 11) is 0. The zero-order valence-electron chi connectivity index (χ0n) is 10.6. The van der Waals surface area contributed by atoms with Crippen LogP contribution in [0.3, 0.4) is 0 Å². The van der Waals surface area contributed by atoms with Gasteiger partial charge >= 0.3 is 0 Å². The van der Waals surface area contributed by atoms with Crippen LogP contribution in [0.25, 0.3) is 22.1 Å². The monoisotopic (exact) mass is 315 g/mol. The molecule has 1 aromatic heterocycles. The molecule has 0 bridgehead atoms. The van der Waals surface area contributed by atoms with Crippen molar-refractivity contribution in [1.82, 2.24) is 0 Å². The van der Waals surface area contributed by atoms with Gasteiger partial charge in [0.1, 0.15) is 11.3 Å². The summed E-state index contributed by atoms with van der Waals surface area (Å²) in [4.78, 5) is 0. The molecule has 0 aliphatic carbocycles. The van der Waals surface area contributed by atoms with E-state index in [1.165, 1.54) is 0 Å². The lowest BCUT2D eigenvalue weighted by atomic mass is 9.99. The molecule has 0 saturated heterocycles. The number of nitrogen functional groups attached to an aromatic ring is 1. The molecular weight excluding hydrogens is 302 g/mol. The lowest BCUT2D eigenvalue weighted by Gasteiger charge is -2.06. The molecule has 2 aromatic carbocycles. The van der Waals surface area contributed by atoms with Crippen LogP contribution in [0.2, 0.25) is 0 Å². The van der Waals surface area contributed by atoms with E-state index in [4.69, 9.17) is 10.2 Å². The molecule has 96 valence electrons. The van der Waals surface area contributed by atoms with Crippen molar-refractivity contribution in [3.05, 3.63) is 52.7 Å². The first kappa shape index (κ1) is 12.3. The maximum Gasteiger partial charge on any atom is 0.134 e. The molecule has 0 radical (unpaired) electrons. The minimum atomic E-state index is 0.760. The standard InChI is InChI=1S/C16H14BrNO/c1-2-14-16(11-8-7-10(17)9-13(11)18)12-5-3-4-6-15(12)19-14/h3-9H,2,18H2,1H3. The van der Waals surface area contributed by atoms with Crippen molar-refractivity contribution in [3.8, 4) is 11.1 Å². The van der Waals surface area contributed by atoms with Crippen LogP contribution < -0.4 is 5.73 Å². The van der Waals surface area contributed by atoms with Crippen LogP contribution in [0.1, 0.15) is 12.7 Å². The van der Waals surface area contributed by atoms with Crippen LogP contribution in [0, 0.1) is 0 Å². The summed E-state index contributed by atoms with van der Waals surface area (Å²) in [6, 6.07) is 14.1. The molecule has 0 fully saturated rings. The summed E-state index contributed by atoms with van der Waals surface area (Å²) < 4.78 is 6.91. The predicted molar refractivity (Wildman–Crippen MR) is 83.1 cm³/mol. The molecule has 0 atom stereocenters. The number of benzene rings is 2. The molecule has 2 N–H and O–H groups in total. The first-order valence-electron chi connectivity index (χ1n) is 6.26. The van der Waals surface area contributed by atoms with E-state index in [-0.39, 0.29) is 0 Å². The average molecular weight is 316 g/mol. The highest BCUT2D eigenvalue weighted by atomic mass is 79.9. The fraction of sp³-hybridized carbons (Fsp3) is 0.125. The first-order chi connectivity index (χ1) is 9.20. The van der Waals surface area contributed by atoms with E-state index >= 15 is 0 Å². The summed E-state index contributed by atoms with van der Waals surface area (Å²) >= 11 is 3.44. The van der Waals surface area contributed by atoms with Crippen LogP contribution in [-0.2, 0) is 6.42 Å². The summed E-state index contributed by atoms with van der Waals surface area (Å²) in [5.74, 6) is 0.982. The van der Waals surface area contributed by atoms with Gasteiger partial charge in [0.05, 0.1) is 0 Å². The number of furan rings is 1. The first-order valence-corrected chi connectivity index (χ1v) is 7.05. The van der Waals surface area contributed by atoms with Gasteiger partial charge in [0, 0.05) is 33.1 Å². The summed E-state index contributed by atoms with van der Waals surface area (Å²) in [5, 5.41) is 1.12. The van der Waals surface area contributed by atoms with Crippen molar-refractivity contribution in [2.24, 2.45) is 0 Å². The van der Waals surface area contributed by atoms with E-state index in [1.807, 2.05) is 36.4 Å². The Morgan fingerprint density at radius 3 is 2.68 bits per heavy atom. The lowest BCUT2D eigenvalue weighted by Crippen LogP contribution is -1.91. The largest absolute Gasteiger partial charge is 0.460 e. The van der Waals surface area contributed by atoms with Crippen LogP contribution in [0.5, 0.6) is 0 Å². The highest BCUT2D eigenvalue weighted by Gasteiger charge is 2.16. The fourth-order valence-electron chi connectivity index (χ4n) is 2.40. The zero-order chi connectivity index (χ0) is 13.4. The average Bonchev–Trinajstić information content (AvgIpc) is 2.77. The highest BCUT2D eigenvalue weighted by molar-refractivity contribution is 9.10. The lowest BCUT2D eigenvalue weighted by molar-refractivity contribution is 0.558. The highest BCUT2D eigenvalue weighted by Crippen LogP contribution is 2.38. The molecule has 3 heteroatoms. The maximum atomic E-state index is 6.16. The number of para-hydroxylation sites is 1. The number of rotatable bonds is 2. The van der Waals surface area contributed by atoms with Crippen molar-refractivity contribution in [1.29, 1.82) is 0 Å². The van der Waals surface area contributed by atoms with Crippen LogP contribution in [-0.4, -0.2) is 0 Å². The molecule has 0 aliphatic heterocycles. The van der Waals surface area contributed by atoms with Gasteiger partial charge < -0.3 is 10.2 Å². The molecule has 0 unspecified atom stereocenters. The third kappa shape index (κ3) is 2.04. The minimum absolute atomic E-state index is 0.760. The Morgan fingerprint density at radius 2 is 1.95 bits per heavy atom. The van der Waals surface area contributed by atoms with E-state index < -0.39 is 0 Å².